The molecule has 110 valence electrons. The third-order valence-corrected chi connectivity index (χ3v) is 4.58. The highest BCUT2D eigenvalue weighted by molar-refractivity contribution is 7.91. The van der Waals surface area contributed by atoms with Crippen molar-refractivity contribution in [2.75, 3.05) is 38.8 Å². The molecule has 1 saturated heterocycles. The molecule has 1 rings (SSSR count). The third kappa shape index (κ3) is 4.44. The number of aliphatic hydroxyl groups excluding tert-OH is 1. The summed E-state index contributed by atoms with van der Waals surface area (Å²) in [7, 11) is -1.01. The molecule has 0 aromatic rings. The van der Waals surface area contributed by atoms with Crippen LogP contribution in [0.4, 0.5) is 0 Å². The highest BCUT2D eigenvalue weighted by atomic mass is 32.2. The predicted octanol–water partition coefficient (Wildman–Crippen LogP) is -2.21. The Bertz CT molecular complexity index is 429. The summed E-state index contributed by atoms with van der Waals surface area (Å²) in [6.07, 6.45) is -1.14. The number of carbonyl (C=O) groups is 2. The fourth-order valence-electron chi connectivity index (χ4n) is 1.91. The summed E-state index contributed by atoms with van der Waals surface area (Å²) >= 11 is 0. The van der Waals surface area contributed by atoms with Crippen molar-refractivity contribution in [3.8, 4) is 0 Å². The number of esters is 2. The van der Waals surface area contributed by atoms with E-state index < -0.39 is 33.9 Å². The van der Waals surface area contributed by atoms with Crippen LogP contribution in [-0.4, -0.2) is 81.3 Å². The van der Waals surface area contributed by atoms with Gasteiger partial charge in [0.05, 0.1) is 51.0 Å². The summed E-state index contributed by atoms with van der Waals surface area (Å²) in [6, 6.07) is -0.816. The Kier molecular flexibility index (Phi) is 5.27. The topological polar surface area (TPSA) is 110 Å². The van der Waals surface area contributed by atoms with Crippen molar-refractivity contribution < 1.29 is 32.6 Å². The number of methoxy groups -OCH3 is 2. The van der Waals surface area contributed by atoms with Gasteiger partial charge in [-0.25, -0.2) is 8.42 Å². The minimum Gasteiger partial charge on any atom is -0.468 e. The van der Waals surface area contributed by atoms with Crippen LogP contribution in [-0.2, 0) is 28.9 Å². The van der Waals surface area contributed by atoms with Gasteiger partial charge in [-0.2, -0.15) is 0 Å². The Hall–Kier alpha value is -1.19. The average molecular weight is 295 g/mol. The molecule has 0 aromatic carbocycles. The monoisotopic (exact) mass is 295 g/mol. The van der Waals surface area contributed by atoms with Crippen molar-refractivity contribution in [3.63, 3.8) is 0 Å². The molecular formula is C10H17NO7S. The second-order valence-electron chi connectivity index (χ2n) is 4.27. The smallest absolute Gasteiger partial charge is 0.319 e. The maximum atomic E-state index is 11.4. The molecule has 0 aromatic heterocycles. The summed E-state index contributed by atoms with van der Waals surface area (Å²) in [5.41, 5.74) is 0. The quantitative estimate of drug-likeness (QED) is 0.569. The van der Waals surface area contributed by atoms with Crippen LogP contribution in [0.2, 0.25) is 0 Å². The number of carbonyl (C=O) groups excluding carboxylic acids is 2. The Morgan fingerprint density at radius 2 is 1.63 bits per heavy atom. The van der Waals surface area contributed by atoms with Crippen molar-refractivity contribution in [1.29, 1.82) is 0 Å². The maximum Gasteiger partial charge on any atom is 0.319 e. The average Bonchev–Trinajstić information content (AvgIpc) is 2.61. The first kappa shape index (κ1) is 15.9. The standard InChI is InChI=1S/C10H17NO7S/c1-17-9(13)3-11(4-10(14)18-2)7-5-19(15,16)6-8(7)12/h7-8,12H,3-6H2,1-2H3. The van der Waals surface area contributed by atoms with Crippen LogP contribution in [0, 0.1) is 0 Å². The van der Waals surface area contributed by atoms with Crippen molar-refractivity contribution in [3.05, 3.63) is 0 Å². The molecule has 1 heterocycles. The van der Waals surface area contributed by atoms with Gasteiger partial charge in [0.25, 0.3) is 0 Å². The van der Waals surface area contributed by atoms with E-state index in [9.17, 15) is 23.1 Å². The summed E-state index contributed by atoms with van der Waals surface area (Å²) < 4.78 is 31.9. The van der Waals surface area contributed by atoms with E-state index in [1.165, 1.54) is 19.1 Å². The number of hydrogen-bond acceptors (Lipinski definition) is 8. The number of rotatable bonds is 5. The van der Waals surface area contributed by atoms with Gasteiger partial charge in [-0.1, -0.05) is 0 Å². The zero-order valence-electron chi connectivity index (χ0n) is 10.7. The van der Waals surface area contributed by atoms with E-state index in [-0.39, 0.29) is 24.6 Å². The van der Waals surface area contributed by atoms with Gasteiger partial charge in [0.15, 0.2) is 9.84 Å². The molecule has 0 spiro atoms. The van der Waals surface area contributed by atoms with E-state index in [1.54, 1.807) is 0 Å². The predicted molar refractivity (Wildman–Crippen MR) is 64.1 cm³/mol. The van der Waals surface area contributed by atoms with Crippen LogP contribution in [0.15, 0.2) is 0 Å². The van der Waals surface area contributed by atoms with Gasteiger partial charge >= 0.3 is 11.9 Å². The van der Waals surface area contributed by atoms with Crippen molar-refractivity contribution in [1.82, 2.24) is 4.90 Å². The van der Waals surface area contributed by atoms with Gasteiger partial charge in [-0.3, -0.25) is 14.5 Å². The SMILES string of the molecule is COC(=O)CN(CC(=O)OC)C1CS(=O)(=O)CC1O. The highest BCUT2D eigenvalue weighted by Gasteiger charge is 2.41. The van der Waals surface area contributed by atoms with Crippen molar-refractivity contribution >= 4 is 21.8 Å². The first-order valence-electron chi connectivity index (χ1n) is 5.55. The molecule has 8 nitrogen and oxygen atoms in total. The van der Waals surface area contributed by atoms with Crippen LogP contribution in [0.5, 0.6) is 0 Å². The lowest BCUT2D eigenvalue weighted by molar-refractivity contribution is -0.147. The lowest BCUT2D eigenvalue weighted by Crippen LogP contribution is -2.48. The minimum atomic E-state index is -3.37. The number of hydrogen-bond donors (Lipinski definition) is 1. The Balaban J connectivity index is 2.83. The van der Waals surface area contributed by atoms with Crippen LogP contribution in [0.25, 0.3) is 0 Å². The molecule has 9 heteroatoms. The molecule has 0 aliphatic carbocycles. The molecule has 1 fully saturated rings. The van der Waals surface area contributed by atoms with E-state index in [0.717, 1.165) is 0 Å². The van der Waals surface area contributed by atoms with Gasteiger partial charge < -0.3 is 14.6 Å². The Labute approximate surface area is 111 Å². The number of aliphatic hydroxyl groups is 1. The van der Waals surface area contributed by atoms with Gasteiger partial charge in [-0.15, -0.1) is 0 Å². The first-order valence-corrected chi connectivity index (χ1v) is 7.37. The molecule has 1 N–H and O–H groups in total. The zero-order chi connectivity index (χ0) is 14.6. The lowest BCUT2D eigenvalue weighted by Gasteiger charge is -2.27. The largest absolute Gasteiger partial charge is 0.468 e. The van der Waals surface area contributed by atoms with Crippen molar-refractivity contribution in [2.24, 2.45) is 0 Å². The fraction of sp³-hybridized carbons (Fsp3) is 0.800. The van der Waals surface area contributed by atoms with E-state index in [4.69, 9.17) is 0 Å². The van der Waals surface area contributed by atoms with E-state index in [0.29, 0.717) is 0 Å². The van der Waals surface area contributed by atoms with Crippen LogP contribution in [0.1, 0.15) is 0 Å². The van der Waals surface area contributed by atoms with Gasteiger partial charge in [0.1, 0.15) is 0 Å². The number of nitrogens with zero attached hydrogens (tertiary/aromatic N) is 1. The molecule has 1 aliphatic heterocycles. The summed E-state index contributed by atoms with van der Waals surface area (Å²) in [6.45, 7) is -0.578. The summed E-state index contributed by atoms with van der Waals surface area (Å²) in [4.78, 5) is 23.8. The molecule has 19 heavy (non-hydrogen) atoms. The van der Waals surface area contributed by atoms with Crippen LogP contribution in [0.3, 0.4) is 0 Å². The zero-order valence-corrected chi connectivity index (χ0v) is 11.6. The lowest BCUT2D eigenvalue weighted by atomic mass is 10.2. The third-order valence-electron chi connectivity index (χ3n) is 2.88. The van der Waals surface area contributed by atoms with Crippen LogP contribution >= 0.6 is 0 Å². The Morgan fingerprint density at radius 3 is 1.95 bits per heavy atom. The Morgan fingerprint density at radius 1 is 1.16 bits per heavy atom. The van der Waals surface area contributed by atoms with Gasteiger partial charge in [0, 0.05) is 0 Å². The van der Waals surface area contributed by atoms with Gasteiger partial charge in [-0.05, 0) is 0 Å². The molecule has 0 saturated carbocycles. The van der Waals surface area contributed by atoms with E-state index in [2.05, 4.69) is 9.47 Å². The first-order chi connectivity index (χ1) is 8.79. The highest BCUT2D eigenvalue weighted by Crippen LogP contribution is 2.18. The molecule has 2 atom stereocenters. The van der Waals surface area contributed by atoms with E-state index in [1.807, 2.05) is 0 Å². The normalized spacial score (nSPS) is 25.3. The number of ether oxygens (including phenoxy) is 2. The second-order valence-corrected chi connectivity index (χ2v) is 6.42. The molecular weight excluding hydrogens is 278 g/mol. The van der Waals surface area contributed by atoms with Crippen LogP contribution < -0.4 is 0 Å². The number of sulfone groups is 1. The summed E-state index contributed by atoms with van der Waals surface area (Å²) in [5, 5.41) is 9.74. The molecule has 0 radical (unpaired) electrons. The second kappa shape index (κ2) is 6.31. The van der Waals surface area contributed by atoms with E-state index >= 15 is 0 Å². The summed E-state index contributed by atoms with van der Waals surface area (Å²) in [5.74, 6) is -1.93. The molecule has 1 aliphatic rings. The minimum absolute atomic E-state index is 0.289. The fourth-order valence-corrected chi connectivity index (χ4v) is 3.74. The van der Waals surface area contributed by atoms with Crippen molar-refractivity contribution in [2.45, 2.75) is 12.1 Å². The maximum absolute atomic E-state index is 11.4. The molecule has 0 bridgehead atoms. The molecule has 2 unspecified atom stereocenters. The molecule has 0 amide bonds. The van der Waals surface area contributed by atoms with Gasteiger partial charge in [0.2, 0.25) is 0 Å².